The SMILES string of the molecule is CCCC[Si]1CCNC1(C)OC. The van der Waals surface area contributed by atoms with Gasteiger partial charge in [-0.15, -0.1) is 0 Å². The summed E-state index contributed by atoms with van der Waals surface area (Å²) >= 11 is 0. The number of hydrogen-bond donors (Lipinski definition) is 1. The molecule has 0 aliphatic carbocycles. The molecule has 1 rings (SSSR count). The molecule has 0 aromatic heterocycles. The first-order valence-corrected chi connectivity index (χ1v) is 6.79. The molecule has 12 heavy (non-hydrogen) atoms. The zero-order valence-corrected chi connectivity index (χ0v) is 9.44. The molecule has 1 N–H and O–H groups in total. The molecule has 0 aromatic carbocycles. The first-order valence-electron chi connectivity index (χ1n) is 4.88. The van der Waals surface area contributed by atoms with Crippen molar-refractivity contribution in [3.05, 3.63) is 0 Å². The Morgan fingerprint density at radius 3 is 2.92 bits per heavy atom. The van der Waals surface area contributed by atoms with Crippen LogP contribution in [0, 0.1) is 0 Å². The number of nitrogens with one attached hydrogen (secondary N) is 1. The number of rotatable bonds is 4. The Balaban J connectivity index is 2.40. The minimum Gasteiger partial charge on any atom is -0.368 e. The van der Waals surface area contributed by atoms with Gasteiger partial charge in [-0.05, 0) is 19.5 Å². The maximum absolute atomic E-state index is 5.54. The molecule has 0 amide bonds. The van der Waals surface area contributed by atoms with Crippen molar-refractivity contribution in [1.82, 2.24) is 5.32 Å². The predicted molar refractivity (Wildman–Crippen MR) is 53.7 cm³/mol. The van der Waals surface area contributed by atoms with Crippen molar-refractivity contribution >= 4 is 8.80 Å². The van der Waals surface area contributed by atoms with Crippen LogP contribution in [0.2, 0.25) is 12.1 Å². The molecule has 1 aliphatic heterocycles. The average molecular weight is 186 g/mol. The molecule has 0 aromatic rings. The van der Waals surface area contributed by atoms with Gasteiger partial charge in [-0.25, -0.2) is 0 Å². The summed E-state index contributed by atoms with van der Waals surface area (Å²) in [6, 6.07) is 2.77. The Morgan fingerprint density at radius 2 is 2.33 bits per heavy atom. The molecule has 0 spiro atoms. The lowest BCUT2D eigenvalue weighted by Gasteiger charge is -2.29. The third-order valence-electron chi connectivity index (χ3n) is 2.80. The molecule has 0 saturated carbocycles. The van der Waals surface area contributed by atoms with E-state index in [0.717, 1.165) is 6.54 Å². The van der Waals surface area contributed by atoms with Gasteiger partial charge in [-0.3, -0.25) is 5.32 Å². The fraction of sp³-hybridized carbons (Fsp3) is 1.00. The smallest absolute Gasteiger partial charge is 0.110 e. The minimum atomic E-state index is -0.296. The minimum absolute atomic E-state index is 0.0554. The maximum Gasteiger partial charge on any atom is 0.110 e. The van der Waals surface area contributed by atoms with Crippen LogP contribution < -0.4 is 5.32 Å². The van der Waals surface area contributed by atoms with Crippen LogP contribution in [0.5, 0.6) is 0 Å². The molecule has 1 radical (unpaired) electrons. The molecule has 1 atom stereocenters. The van der Waals surface area contributed by atoms with E-state index in [9.17, 15) is 0 Å². The van der Waals surface area contributed by atoms with Crippen LogP contribution in [0.15, 0.2) is 0 Å². The molecular formula is C9H20NOSi. The second-order valence-corrected chi connectivity index (χ2v) is 6.78. The van der Waals surface area contributed by atoms with Gasteiger partial charge in [-0.2, -0.15) is 0 Å². The highest BCUT2D eigenvalue weighted by Gasteiger charge is 2.39. The van der Waals surface area contributed by atoms with Gasteiger partial charge < -0.3 is 4.74 Å². The Bertz CT molecular complexity index is 142. The van der Waals surface area contributed by atoms with Gasteiger partial charge in [0.25, 0.3) is 0 Å². The summed E-state index contributed by atoms with van der Waals surface area (Å²) in [7, 11) is 1.53. The number of methoxy groups -OCH3 is 1. The molecule has 1 aliphatic rings. The summed E-state index contributed by atoms with van der Waals surface area (Å²) in [5.74, 6) is 0. The zero-order valence-electron chi connectivity index (χ0n) is 8.44. The lowest BCUT2D eigenvalue weighted by molar-refractivity contribution is 0.0529. The Kier molecular flexibility index (Phi) is 3.74. The van der Waals surface area contributed by atoms with Crippen LogP contribution in [0.3, 0.4) is 0 Å². The van der Waals surface area contributed by atoms with Crippen molar-refractivity contribution in [2.45, 2.75) is 44.1 Å². The Labute approximate surface area is 77.3 Å². The second-order valence-electron chi connectivity index (χ2n) is 3.62. The molecule has 1 unspecified atom stereocenters. The first-order chi connectivity index (χ1) is 5.73. The second kappa shape index (κ2) is 4.39. The van der Waals surface area contributed by atoms with Crippen molar-refractivity contribution in [1.29, 1.82) is 0 Å². The lowest BCUT2D eigenvalue weighted by Crippen LogP contribution is -2.49. The summed E-state index contributed by atoms with van der Waals surface area (Å²) in [5, 5.41) is 3.52. The van der Waals surface area contributed by atoms with E-state index in [4.69, 9.17) is 4.74 Å². The van der Waals surface area contributed by atoms with Crippen LogP contribution in [-0.2, 0) is 4.74 Å². The summed E-state index contributed by atoms with van der Waals surface area (Å²) in [6.45, 7) is 5.63. The molecule has 0 bridgehead atoms. The largest absolute Gasteiger partial charge is 0.368 e. The topological polar surface area (TPSA) is 21.3 Å². The van der Waals surface area contributed by atoms with Gasteiger partial charge in [0, 0.05) is 7.11 Å². The van der Waals surface area contributed by atoms with Gasteiger partial charge in [0.1, 0.15) is 8.80 Å². The summed E-state index contributed by atoms with van der Waals surface area (Å²) in [6.07, 6.45) is 2.68. The van der Waals surface area contributed by atoms with E-state index < -0.39 is 0 Å². The molecule has 1 heterocycles. The van der Waals surface area contributed by atoms with Crippen molar-refractivity contribution in [2.24, 2.45) is 0 Å². The van der Waals surface area contributed by atoms with E-state index in [0.29, 0.717) is 0 Å². The first kappa shape index (κ1) is 10.2. The van der Waals surface area contributed by atoms with Crippen molar-refractivity contribution in [2.75, 3.05) is 13.7 Å². The van der Waals surface area contributed by atoms with E-state index in [2.05, 4.69) is 19.2 Å². The van der Waals surface area contributed by atoms with Crippen LogP contribution >= 0.6 is 0 Å². The van der Waals surface area contributed by atoms with Gasteiger partial charge in [0.2, 0.25) is 0 Å². The van der Waals surface area contributed by atoms with E-state index in [1.54, 1.807) is 0 Å². The molecule has 1 saturated heterocycles. The van der Waals surface area contributed by atoms with Crippen molar-refractivity contribution in [3.8, 4) is 0 Å². The highest BCUT2D eigenvalue weighted by Crippen LogP contribution is 2.24. The summed E-state index contributed by atoms with van der Waals surface area (Å²) < 4.78 is 5.54. The Morgan fingerprint density at radius 1 is 1.58 bits per heavy atom. The molecule has 3 heteroatoms. The van der Waals surface area contributed by atoms with Crippen molar-refractivity contribution in [3.63, 3.8) is 0 Å². The fourth-order valence-corrected chi connectivity index (χ4v) is 4.86. The van der Waals surface area contributed by atoms with Crippen LogP contribution in [0.4, 0.5) is 0 Å². The van der Waals surface area contributed by atoms with E-state index in [-0.39, 0.29) is 14.1 Å². The Hall–Kier alpha value is 0.137. The van der Waals surface area contributed by atoms with E-state index in [1.807, 2.05) is 7.11 Å². The number of hydrogen-bond acceptors (Lipinski definition) is 2. The van der Waals surface area contributed by atoms with Crippen LogP contribution in [0.1, 0.15) is 26.7 Å². The van der Waals surface area contributed by atoms with E-state index in [1.165, 1.54) is 24.9 Å². The van der Waals surface area contributed by atoms with Gasteiger partial charge in [0.05, 0.1) is 5.35 Å². The van der Waals surface area contributed by atoms with Gasteiger partial charge in [-0.1, -0.05) is 25.8 Å². The molecular weight excluding hydrogens is 166 g/mol. The quantitative estimate of drug-likeness (QED) is 0.676. The van der Waals surface area contributed by atoms with Crippen LogP contribution in [0.25, 0.3) is 0 Å². The highest BCUT2D eigenvalue weighted by molar-refractivity contribution is 6.62. The monoisotopic (exact) mass is 186 g/mol. The zero-order chi connectivity index (χ0) is 9.03. The summed E-state index contributed by atoms with van der Waals surface area (Å²) in [5.41, 5.74) is 0. The standard InChI is InChI=1S/C9H20NOSi/c1-4-5-7-12-8-6-10-9(12,2)11-3/h10H,4-8H2,1-3H3. The van der Waals surface area contributed by atoms with Gasteiger partial charge in [0.15, 0.2) is 0 Å². The fourth-order valence-electron chi connectivity index (χ4n) is 1.79. The highest BCUT2D eigenvalue weighted by atomic mass is 28.3. The lowest BCUT2D eigenvalue weighted by atomic mass is 10.4. The van der Waals surface area contributed by atoms with Gasteiger partial charge >= 0.3 is 0 Å². The van der Waals surface area contributed by atoms with Crippen molar-refractivity contribution < 1.29 is 4.74 Å². The average Bonchev–Trinajstić information content (AvgIpc) is 2.45. The molecule has 2 nitrogen and oxygen atoms in total. The third-order valence-corrected chi connectivity index (χ3v) is 6.35. The maximum atomic E-state index is 5.54. The normalized spacial score (nSPS) is 31.2. The number of ether oxygens (including phenoxy) is 1. The van der Waals surface area contributed by atoms with E-state index >= 15 is 0 Å². The molecule has 1 fully saturated rings. The number of unbranched alkanes of at least 4 members (excludes halogenated alkanes) is 1. The summed E-state index contributed by atoms with van der Waals surface area (Å²) in [4.78, 5) is 0. The van der Waals surface area contributed by atoms with Crippen LogP contribution in [-0.4, -0.2) is 27.8 Å². The predicted octanol–water partition coefficient (Wildman–Crippen LogP) is 1.79. The third kappa shape index (κ3) is 2.09. The molecule has 71 valence electrons.